The second-order valence-corrected chi connectivity index (χ2v) is 4.68. The lowest BCUT2D eigenvalue weighted by molar-refractivity contribution is -0.150. The summed E-state index contributed by atoms with van der Waals surface area (Å²) >= 11 is 0. The molecule has 2 aromatic rings. The molecule has 0 saturated heterocycles. The van der Waals surface area contributed by atoms with Crippen molar-refractivity contribution >= 4 is 11.9 Å². The molecule has 0 radical (unpaired) electrons. The van der Waals surface area contributed by atoms with Gasteiger partial charge in [0, 0.05) is 6.54 Å². The van der Waals surface area contributed by atoms with Crippen LogP contribution in [-0.4, -0.2) is 40.2 Å². The zero-order valence-electron chi connectivity index (χ0n) is 13.9. The van der Waals surface area contributed by atoms with E-state index in [1.165, 1.54) is 0 Å². The van der Waals surface area contributed by atoms with Crippen molar-refractivity contribution in [2.75, 3.05) is 18.5 Å². The van der Waals surface area contributed by atoms with Gasteiger partial charge in [-0.2, -0.15) is 9.97 Å². The Balaban J connectivity index is 2.19. The van der Waals surface area contributed by atoms with Gasteiger partial charge in [0.05, 0.1) is 6.61 Å². The molecule has 8 nitrogen and oxygen atoms in total. The van der Waals surface area contributed by atoms with Gasteiger partial charge in [-0.1, -0.05) is 18.2 Å². The molecule has 128 valence electrons. The summed E-state index contributed by atoms with van der Waals surface area (Å²) in [4.78, 5) is 24.0. The fourth-order valence-corrected chi connectivity index (χ4v) is 1.73. The monoisotopic (exact) mass is 332 g/mol. The van der Waals surface area contributed by atoms with E-state index in [0.29, 0.717) is 18.2 Å². The Morgan fingerprint density at radius 2 is 1.83 bits per heavy atom. The number of aromatic nitrogens is 3. The van der Waals surface area contributed by atoms with Crippen LogP contribution in [0.4, 0.5) is 5.95 Å². The van der Waals surface area contributed by atoms with E-state index in [1.54, 1.807) is 26.0 Å². The van der Waals surface area contributed by atoms with E-state index in [4.69, 9.17) is 14.2 Å². The molecule has 1 N–H and O–H groups in total. The zero-order chi connectivity index (χ0) is 17.4. The predicted molar refractivity (Wildman–Crippen MR) is 87.2 cm³/mol. The summed E-state index contributed by atoms with van der Waals surface area (Å²) in [5.41, 5.74) is 0. The highest BCUT2D eigenvalue weighted by Crippen LogP contribution is 2.20. The number of nitrogens with zero attached hydrogens (tertiary/aromatic N) is 3. The normalized spacial score (nSPS) is 11.5. The number of carbonyl (C=O) groups excluding carboxylic acids is 1. The molecule has 0 fully saturated rings. The van der Waals surface area contributed by atoms with Gasteiger partial charge < -0.3 is 19.5 Å². The maximum Gasteiger partial charge on any atom is 0.347 e. The molecule has 1 aromatic carbocycles. The van der Waals surface area contributed by atoms with Crippen molar-refractivity contribution in [1.82, 2.24) is 15.0 Å². The Morgan fingerprint density at radius 1 is 1.12 bits per heavy atom. The minimum Gasteiger partial charge on any atom is -0.463 e. The van der Waals surface area contributed by atoms with Crippen LogP contribution in [0.2, 0.25) is 0 Å². The van der Waals surface area contributed by atoms with Crippen LogP contribution in [0.1, 0.15) is 20.8 Å². The van der Waals surface area contributed by atoms with Crippen LogP contribution < -0.4 is 14.8 Å². The van der Waals surface area contributed by atoms with E-state index in [1.807, 2.05) is 25.1 Å². The average Bonchev–Trinajstić information content (AvgIpc) is 2.56. The molecule has 8 heteroatoms. The van der Waals surface area contributed by atoms with Gasteiger partial charge in [0.15, 0.2) is 6.10 Å². The smallest absolute Gasteiger partial charge is 0.347 e. The molecule has 0 aliphatic heterocycles. The molecule has 1 heterocycles. The largest absolute Gasteiger partial charge is 0.463 e. The van der Waals surface area contributed by atoms with Gasteiger partial charge in [-0.25, -0.2) is 4.79 Å². The van der Waals surface area contributed by atoms with Crippen LogP contribution in [-0.2, 0) is 9.53 Å². The van der Waals surface area contributed by atoms with Crippen LogP contribution in [0.5, 0.6) is 17.8 Å². The molecular formula is C16H20N4O4. The van der Waals surface area contributed by atoms with E-state index >= 15 is 0 Å². The van der Waals surface area contributed by atoms with E-state index in [0.717, 1.165) is 0 Å². The lowest BCUT2D eigenvalue weighted by Crippen LogP contribution is -2.27. The van der Waals surface area contributed by atoms with Gasteiger partial charge in [0.2, 0.25) is 5.95 Å². The number of para-hydroxylation sites is 1. The van der Waals surface area contributed by atoms with Crippen LogP contribution in [0, 0.1) is 0 Å². The Labute approximate surface area is 140 Å². The number of esters is 1. The van der Waals surface area contributed by atoms with Gasteiger partial charge in [0.25, 0.3) is 0 Å². The summed E-state index contributed by atoms with van der Waals surface area (Å²) in [5.74, 6) is 0.383. The average molecular weight is 332 g/mol. The minimum absolute atomic E-state index is 0.0209. The van der Waals surface area contributed by atoms with Crippen LogP contribution in [0.15, 0.2) is 30.3 Å². The topological polar surface area (TPSA) is 95.5 Å². The third kappa shape index (κ3) is 5.08. The van der Waals surface area contributed by atoms with Crippen LogP contribution >= 0.6 is 0 Å². The van der Waals surface area contributed by atoms with E-state index in [-0.39, 0.29) is 18.6 Å². The van der Waals surface area contributed by atoms with E-state index in [9.17, 15) is 4.79 Å². The quantitative estimate of drug-likeness (QED) is 0.736. The van der Waals surface area contributed by atoms with Gasteiger partial charge >= 0.3 is 18.0 Å². The van der Waals surface area contributed by atoms with E-state index < -0.39 is 12.1 Å². The number of benzene rings is 1. The Bertz CT molecular complexity index is 666. The molecule has 0 aliphatic carbocycles. The molecule has 24 heavy (non-hydrogen) atoms. The molecule has 1 atom stereocenters. The maximum atomic E-state index is 11.7. The molecule has 0 spiro atoms. The van der Waals surface area contributed by atoms with Crippen molar-refractivity contribution in [1.29, 1.82) is 0 Å². The number of nitrogens with one attached hydrogen (secondary N) is 1. The summed E-state index contributed by atoms with van der Waals surface area (Å²) < 4.78 is 15.9. The second-order valence-electron chi connectivity index (χ2n) is 4.68. The Hall–Kier alpha value is -2.90. The summed E-state index contributed by atoms with van der Waals surface area (Å²) in [6.45, 7) is 6.08. The molecular weight excluding hydrogens is 312 g/mol. The fourth-order valence-electron chi connectivity index (χ4n) is 1.73. The van der Waals surface area contributed by atoms with Crippen molar-refractivity contribution in [2.45, 2.75) is 26.9 Å². The van der Waals surface area contributed by atoms with Crippen molar-refractivity contribution < 1.29 is 19.0 Å². The summed E-state index contributed by atoms with van der Waals surface area (Å²) in [7, 11) is 0. The highest BCUT2D eigenvalue weighted by molar-refractivity contribution is 5.74. The number of hydrogen-bond acceptors (Lipinski definition) is 8. The van der Waals surface area contributed by atoms with Gasteiger partial charge in [-0.15, -0.1) is 4.98 Å². The summed E-state index contributed by atoms with van der Waals surface area (Å²) in [6.07, 6.45) is -0.841. The van der Waals surface area contributed by atoms with Gasteiger partial charge in [-0.3, -0.25) is 0 Å². The first-order chi connectivity index (χ1) is 11.6. The van der Waals surface area contributed by atoms with Crippen molar-refractivity contribution in [3.8, 4) is 17.8 Å². The third-order valence-corrected chi connectivity index (χ3v) is 2.78. The molecule has 0 amide bonds. The SMILES string of the molecule is CCNc1nc(Oc2ccccc2)nc(O[C@H](C)C(=O)OCC)n1. The lowest BCUT2D eigenvalue weighted by Gasteiger charge is -2.13. The molecule has 0 aliphatic rings. The Kier molecular flexibility index (Phi) is 6.30. The molecule has 0 saturated carbocycles. The van der Waals surface area contributed by atoms with Crippen molar-refractivity contribution in [3.05, 3.63) is 30.3 Å². The summed E-state index contributed by atoms with van der Waals surface area (Å²) in [5, 5.41) is 2.96. The number of rotatable bonds is 8. The molecule has 2 rings (SSSR count). The first kappa shape index (κ1) is 17.5. The Morgan fingerprint density at radius 3 is 2.50 bits per heavy atom. The number of anilines is 1. The van der Waals surface area contributed by atoms with Crippen LogP contribution in [0.3, 0.4) is 0 Å². The minimum atomic E-state index is -0.841. The third-order valence-electron chi connectivity index (χ3n) is 2.78. The first-order valence-electron chi connectivity index (χ1n) is 7.68. The van der Waals surface area contributed by atoms with Crippen LogP contribution in [0.25, 0.3) is 0 Å². The molecule has 0 bridgehead atoms. The van der Waals surface area contributed by atoms with Crippen molar-refractivity contribution in [3.63, 3.8) is 0 Å². The summed E-state index contributed by atoms with van der Waals surface area (Å²) in [6, 6.07) is 9.14. The number of ether oxygens (including phenoxy) is 3. The lowest BCUT2D eigenvalue weighted by atomic mass is 10.3. The first-order valence-corrected chi connectivity index (χ1v) is 7.68. The highest BCUT2D eigenvalue weighted by atomic mass is 16.6. The molecule has 0 unspecified atom stereocenters. The zero-order valence-corrected chi connectivity index (χ0v) is 13.9. The van der Waals surface area contributed by atoms with E-state index in [2.05, 4.69) is 20.3 Å². The maximum absolute atomic E-state index is 11.7. The number of hydrogen-bond donors (Lipinski definition) is 1. The molecule has 1 aromatic heterocycles. The van der Waals surface area contributed by atoms with Crippen molar-refractivity contribution in [2.24, 2.45) is 0 Å². The fraction of sp³-hybridized carbons (Fsp3) is 0.375. The van der Waals surface area contributed by atoms with Gasteiger partial charge in [0.1, 0.15) is 5.75 Å². The standard InChI is InChI=1S/C16H20N4O4/c1-4-17-14-18-15(23-11(3)13(21)22-5-2)20-16(19-14)24-12-9-7-6-8-10-12/h6-11H,4-5H2,1-3H3,(H,17,18,19,20)/t11-/m1/s1. The highest BCUT2D eigenvalue weighted by Gasteiger charge is 2.19. The van der Waals surface area contributed by atoms with Gasteiger partial charge in [-0.05, 0) is 32.9 Å². The number of carbonyl (C=O) groups is 1. The second kappa shape index (κ2) is 8.66. The predicted octanol–water partition coefficient (Wildman–Crippen LogP) is 2.43.